The predicted octanol–water partition coefficient (Wildman–Crippen LogP) is 1.95. The summed E-state index contributed by atoms with van der Waals surface area (Å²) in [6, 6.07) is 6.84. The molecule has 1 fully saturated rings. The summed E-state index contributed by atoms with van der Waals surface area (Å²) >= 11 is 0. The van der Waals surface area contributed by atoms with Crippen LogP contribution >= 0.6 is 0 Å². The van der Waals surface area contributed by atoms with Crippen molar-refractivity contribution in [2.24, 2.45) is 0 Å². The van der Waals surface area contributed by atoms with Gasteiger partial charge in [-0.15, -0.1) is 0 Å². The van der Waals surface area contributed by atoms with Crippen molar-refractivity contribution in [1.29, 1.82) is 0 Å². The van der Waals surface area contributed by atoms with Crippen LogP contribution in [0.5, 0.6) is 0 Å². The second-order valence-electron chi connectivity index (χ2n) is 5.40. The minimum atomic E-state index is 0.436. The van der Waals surface area contributed by atoms with Gasteiger partial charge in [-0.1, -0.05) is 12.1 Å². The van der Waals surface area contributed by atoms with Crippen molar-refractivity contribution in [1.82, 2.24) is 5.32 Å². The molecule has 2 aliphatic rings. The molecule has 1 aromatic carbocycles. The van der Waals surface area contributed by atoms with Crippen molar-refractivity contribution in [3.63, 3.8) is 0 Å². The van der Waals surface area contributed by atoms with Gasteiger partial charge in [0, 0.05) is 39.0 Å². The molecule has 0 bridgehead atoms. The first-order valence-electron chi connectivity index (χ1n) is 6.98. The molecule has 1 aromatic rings. The third-order valence-electron chi connectivity index (χ3n) is 4.00. The highest BCUT2D eigenvalue weighted by Gasteiger charge is 2.16. The Morgan fingerprint density at radius 2 is 2.39 bits per heavy atom. The van der Waals surface area contributed by atoms with Crippen LogP contribution in [0.2, 0.25) is 0 Å². The Morgan fingerprint density at radius 3 is 3.22 bits per heavy atom. The fourth-order valence-corrected chi connectivity index (χ4v) is 2.91. The maximum atomic E-state index is 5.61. The molecule has 1 unspecified atom stereocenters. The number of nitrogens with one attached hydrogen (secondary N) is 1. The molecule has 1 N–H and O–H groups in total. The molecule has 18 heavy (non-hydrogen) atoms. The van der Waals surface area contributed by atoms with Crippen molar-refractivity contribution in [2.45, 2.75) is 31.9 Å². The summed E-state index contributed by atoms with van der Waals surface area (Å²) in [5.41, 5.74) is 4.29. The molecule has 1 atom stereocenters. The monoisotopic (exact) mass is 246 g/mol. The summed E-state index contributed by atoms with van der Waals surface area (Å²) in [4.78, 5) is 2.33. The smallest absolute Gasteiger partial charge is 0.0700 e. The van der Waals surface area contributed by atoms with Crippen LogP contribution < -0.4 is 10.2 Å². The predicted molar refractivity (Wildman–Crippen MR) is 74.1 cm³/mol. The Bertz CT molecular complexity index is 413. The first kappa shape index (κ1) is 12.0. The zero-order chi connectivity index (χ0) is 12.4. The van der Waals surface area contributed by atoms with Crippen molar-refractivity contribution in [3.05, 3.63) is 29.3 Å². The number of anilines is 1. The van der Waals surface area contributed by atoms with Gasteiger partial charge in [-0.25, -0.2) is 0 Å². The van der Waals surface area contributed by atoms with Gasteiger partial charge in [-0.3, -0.25) is 0 Å². The van der Waals surface area contributed by atoms with Crippen LogP contribution in [0.15, 0.2) is 18.2 Å². The highest BCUT2D eigenvalue weighted by Crippen LogP contribution is 2.27. The van der Waals surface area contributed by atoms with Gasteiger partial charge in [-0.2, -0.15) is 0 Å². The molecule has 0 aliphatic carbocycles. The molecule has 0 radical (unpaired) electrons. The second kappa shape index (κ2) is 5.29. The van der Waals surface area contributed by atoms with Gasteiger partial charge in [0.2, 0.25) is 0 Å². The number of hydrogen-bond acceptors (Lipinski definition) is 3. The van der Waals surface area contributed by atoms with E-state index >= 15 is 0 Å². The molecular formula is C15H22N2O. The summed E-state index contributed by atoms with van der Waals surface area (Å²) in [7, 11) is 2.17. The average Bonchev–Trinajstić information content (AvgIpc) is 3.00. The summed E-state index contributed by atoms with van der Waals surface area (Å²) < 4.78 is 5.61. The number of fused-ring (bicyclic) bond motifs is 1. The van der Waals surface area contributed by atoms with Crippen LogP contribution in [-0.2, 0) is 17.7 Å². The molecule has 0 amide bonds. The van der Waals surface area contributed by atoms with Gasteiger partial charge in [0.15, 0.2) is 0 Å². The van der Waals surface area contributed by atoms with Crippen molar-refractivity contribution < 1.29 is 4.74 Å². The Balaban J connectivity index is 1.53. The van der Waals surface area contributed by atoms with Gasteiger partial charge < -0.3 is 15.0 Å². The number of hydrogen-bond donors (Lipinski definition) is 1. The van der Waals surface area contributed by atoms with Crippen molar-refractivity contribution in [2.75, 3.05) is 31.6 Å². The van der Waals surface area contributed by atoms with Crippen molar-refractivity contribution in [3.8, 4) is 0 Å². The van der Waals surface area contributed by atoms with E-state index in [-0.39, 0.29) is 0 Å². The van der Waals surface area contributed by atoms with Crippen LogP contribution in [0.3, 0.4) is 0 Å². The van der Waals surface area contributed by atoms with E-state index in [1.165, 1.54) is 36.1 Å². The van der Waals surface area contributed by atoms with Crippen LogP contribution in [0.25, 0.3) is 0 Å². The summed E-state index contributed by atoms with van der Waals surface area (Å²) in [6.07, 6.45) is 4.05. The molecular weight excluding hydrogens is 224 g/mol. The van der Waals surface area contributed by atoms with Crippen LogP contribution in [0.4, 0.5) is 5.69 Å². The van der Waals surface area contributed by atoms with Gasteiger partial charge in [-0.05, 0) is 36.5 Å². The zero-order valence-electron chi connectivity index (χ0n) is 11.1. The maximum Gasteiger partial charge on any atom is 0.0700 e. The van der Waals surface area contributed by atoms with Crippen molar-refractivity contribution >= 4 is 5.69 Å². The third-order valence-corrected chi connectivity index (χ3v) is 4.00. The first-order valence-corrected chi connectivity index (χ1v) is 6.98. The number of ether oxygens (including phenoxy) is 1. The lowest BCUT2D eigenvalue weighted by atomic mass is 10.1. The molecule has 0 saturated carbocycles. The largest absolute Gasteiger partial charge is 0.377 e. The molecule has 98 valence electrons. The molecule has 3 nitrogen and oxygen atoms in total. The lowest BCUT2D eigenvalue weighted by Gasteiger charge is -2.13. The fraction of sp³-hybridized carbons (Fsp3) is 0.600. The Labute approximate surface area is 109 Å². The minimum Gasteiger partial charge on any atom is -0.377 e. The standard InChI is InChI=1S/C15H22N2O/c1-17-7-6-13-9-12(4-5-15(13)17)10-16-11-14-3-2-8-18-14/h4-5,9,14,16H,2-3,6-8,10-11H2,1H3. The van der Waals surface area contributed by atoms with Crippen LogP contribution in [0, 0.1) is 0 Å². The quantitative estimate of drug-likeness (QED) is 0.879. The van der Waals surface area contributed by atoms with E-state index in [1.807, 2.05) is 0 Å². The van der Waals surface area contributed by atoms with E-state index in [4.69, 9.17) is 4.74 Å². The number of nitrogens with zero attached hydrogens (tertiary/aromatic N) is 1. The van der Waals surface area contributed by atoms with Crippen LogP contribution in [-0.4, -0.2) is 32.8 Å². The lowest BCUT2D eigenvalue weighted by Crippen LogP contribution is -2.25. The third kappa shape index (κ3) is 2.52. The molecule has 1 saturated heterocycles. The number of likely N-dealkylation sites (N-methyl/N-ethyl adjacent to an activating group) is 1. The Morgan fingerprint density at radius 1 is 1.44 bits per heavy atom. The summed E-state index contributed by atoms with van der Waals surface area (Å²) in [5, 5.41) is 3.51. The lowest BCUT2D eigenvalue weighted by molar-refractivity contribution is 0.110. The van der Waals surface area contributed by atoms with E-state index in [0.717, 1.165) is 26.2 Å². The SMILES string of the molecule is CN1CCc2cc(CNCC3CCCO3)ccc21. The molecule has 2 heterocycles. The zero-order valence-corrected chi connectivity index (χ0v) is 11.1. The van der Waals surface area contributed by atoms with Crippen LogP contribution in [0.1, 0.15) is 24.0 Å². The minimum absolute atomic E-state index is 0.436. The maximum absolute atomic E-state index is 5.61. The molecule has 3 heteroatoms. The molecule has 0 spiro atoms. The molecule has 2 aliphatic heterocycles. The van der Waals surface area contributed by atoms with E-state index in [2.05, 4.69) is 35.5 Å². The topological polar surface area (TPSA) is 24.5 Å². The number of benzene rings is 1. The fourth-order valence-electron chi connectivity index (χ4n) is 2.91. The summed E-state index contributed by atoms with van der Waals surface area (Å²) in [6.45, 7) is 4.04. The van der Waals surface area contributed by atoms with E-state index in [1.54, 1.807) is 0 Å². The van der Waals surface area contributed by atoms with Gasteiger partial charge in [0.25, 0.3) is 0 Å². The Kier molecular flexibility index (Phi) is 3.52. The van der Waals surface area contributed by atoms with Gasteiger partial charge in [0.1, 0.15) is 0 Å². The van der Waals surface area contributed by atoms with Gasteiger partial charge >= 0.3 is 0 Å². The highest BCUT2D eigenvalue weighted by atomic mass is 16.5. The average molecular weight is 246 g/mol. The van der Waals surface area contributed by atoms with E-state index in [0.29, 0.717) is 6.10 Å². The summed E-state index contributed by atoms with van der Waals surface area (Å²) in [5.74, 6) is 0. The highest BCUT2D eigenvalue weighted by molar-refractivity contribution is 5.58. The number of rotatable bonds is 4. The molecule has 0 aromatic heterocycles. The van der Waals surface area contributed by atoms with E-state index < -0.39 is 0 Å². The van der Waals surface area contributed by atoms with Gasteiger partial charge in [0.05, 0.1) is 6.10 Å². The first-order chi connectivity index (χ1) is 8.83. The Hall–Kier alpha value is -1.06. The molecule has 3 rings (SSSR count). The normalized spacial score (nSPS) is 22.5. The van der Waals surface area contributed by atoms with E-state index in [9.17, 15) is 0 Å². The second-order valence-corrected chi connectivity index (χ2v) is 5.40.